The first-order valence-electron chi connectivity index (χ1n) is 7.64. The molecule has 1 aliphatic heterocycles. The summed E-state index contributed by atoms with van der Waals surface area (Å²) in [5, 5.41) is 8.12. The molecule has 4 rings (SSSR count). The molecule has 4 nitrogen and oxygen atoms in total. The summed E-state index contributed by atoms with van der Waals surface area (Å²) >= 11 is 11.4. The summed E-state index contributed by atoms with van der Waals surface area (Å²) in [6.45, 7) is 0. The van der Waals surface area contributed by atoms with Crippen molar-refractivity contribution in [2.45, 2.75) is 11.5 Å². The van der Waals surface area contributed by atoms with Gasteiger partial charge in [0.2, 0.25) is 0 Å². The van der Waals surface area contributed by atoms with Crippen LogP contribution in [0.25, 0.3) is 5.69 Å². The molecule has 1 aliphatic rings. The van der Waals surface area contributed by atoms with Crippen LogP contribution in [0.3, 0.4) is 0 Å². The molecule has 1 aromatic heterocycles. The fourth-order valence-electron chi connectivity index (χ4n) is 2.74. The predicted molar refractivity (Wildman–Crippen MR) is 106 cm³/mol. The van der Waals surface area contributed by atoms with Gasteiger partial charge in [-0.1, -0.05) is 45.7 Å². The zero-order valence-electron chi connectivity index (χ0n) is 13.0. The summed E-state index contributed by atoms with van der Waals surface area (Å²) in [6, 6.07) is 15.0. The van der Waals surface area contributed by atoms with E-state index in [0.29, 0.717) is 16.4 Å². The third-order valence-corrected chi connectivity index (χ3v) is 5.75. The lowest BCUT2D eigenvalue weighted by molar-refractivity contribution is 0.102. The lowest BCUT2D eigenvalue weighted by Crippen LogP contribution is -2.16. The van der Waals surface area contributed by atoms with Gasteiger partial charge in [-0.15, -0.1) is 0 Å². The van der Waals surface area contributed by atoms with Crippen molar-refractivity contribution in [3.05, 3.63) is 74.8 Å². The number of halogens is 2. The number of para-hydroxylation sites is 1. The van der Waals surface area contributed by atoms with Crippen molar-refractivity contribution in [1.82, 2.24) is 9.78 Å². The fraction of sp³-hybridized carbons (Fsp3) is 0.111. The number of nitrogens with zero attached hydrogens (tertiary/aromatic N) is 2. The maximum Gasteiger partial charge on any atom is 0.258 e. The van der Waals surface area contributed by atoms with Crippen LogP contribution in [-0.4, -0.2) is 15.7 Å². The van der Waals surface area contributed by atoms with Gasteiger partial charge in [0.1, 0.15) is 5.82 Å². The van der Waals surface area contributed by atoms with Gasteiger partial charge in [0.25, 0.3) is 5.91 Å². The van der Waals surface area contributed by atoms with E-state index in [1.807, 2.05) is 36.4 Å². The summed E-state index contributed by atoms with van der Waals surface area (Å²) in [5.41, 5.74) is 3.44. The van der Waals surface area contributed by atoms with E-state index in [2.05, 4.69) is 26.3 Å². The Bertz CT molecular complexity index is 958. The number of anilines is 1. The second kappa shape index (κ2) is 6.86. The molecule has 126 valence electrons. The molecular formula is C18H13BrClN3OS. The monoisotopic (exact) mass is 433 g/mol. The number of fused-ring (bicyclic) bond motifs is 1. The number of benzene rings is 2. The highest BCUT2D eigenvalue weighted by molar-refractivity contribution is 9.10. The number of nitrogens with one attached hydrogen (secondary N) is 1. The van der Waals surface area contributed by atoms with Gasteiger partial charge in [0, 0.05) is 21.5 Å². The number of aromatic nitrogens is 2. The number of amides is 1. The Hall–Kier alpha value is -1.76. The molecule has 0 aliphatic carbocycles. The molecule has 3 aromatic rings. The van der Waals surface area contributed by atoms with Crippen molar-refractivity contribution >= 4 is 51.0 Å². The quantitative estimate of drug-likeness (QED) is 0.609. The molecule has 0 atom stereocenters. The third kappa shape index (κ3) is 3.21. The van der Waals surface area contributed by atoms with Crippen LogP contribution in [0.15, 0.2) is 53.0 Å². The zero-order chi connectivity index (χ0) is 17.4. The molecule has 0 bridgehead atoms. The molecule has 7 heteroatoms. The number of hydrogen-bond donors (Lipinski definition) is 1. The molecule has 0 saturated carbocycles. The van der Waals surface area contributed by atoms with Crippen LogP contribution in [0.5, 0.6) is 0 Å². The third-order valence-electron chi connectivity index (χ3n) is 3.96. The van der Waals surface area contributed by atoms with Gasteiger partial charge < -0.3 is 5.32 Å². The smallest absolute Gasteiger partial charge is 0.258 e. The first-order valence-corrected chi connectivity index (χ1v) is 9.96. The maximum atomic E-state index is 12.8. The van der Waals surface area contributed by atoms with Gasteiger partial charge in [0.05, 0.1) is 22.0 Å². The van der Waals surface area contributed by atoms with E-state index in [4.69, 9.17) is 11.6 Å². The van der Waals surface area contributed by atoms with E-state index in [9.17, 15) is 4.79 Å². The molecule has 25 heavy (non-hydrogen) atoms. The largest absolute Gasteiger partial charge is 0.306 e. The lowest BCUT2D eigenvalue weighted by Gasteiger charge is -2.12. The number of carbonyl (C=O) groups excluding carboxylic acids is 1. The molecule has 1 amide bonds. The number of hydrogen-bond acceptors (Lipinski definition) is 3. The van der Waals surface area contributed by atoms with Crippen molar-refractivity contribution in [3.63, 3.8) is 0 Å². The molecular weight excluding hydrogens is 422 g/mol. The highest BCUT2D eigenvalue weighted by Crippen LogP contribution is 2.36. The molecule has 2 aromatic carbocycles. The van der Waals surface area contributed by atoms with Gasteiger partial charge in [0.15, 0.2) is 0 Å². The summed E-state index contributed by atoms with van der Waals surface area (Å²) in [5.74, 6) is 2.16. The second-order valence-electron chi connectivity index (χ2n) is 5.59. The Labute approximate surface area is 162 Å². The fourth-order valence-corrected chi connectivity index (χ4v) is 4.34. The van der Waals surface area contributed by atoms with Crippen LogP contribution >= 0.6 is 39.3 Å². The highest BCUT2D eigenvalue weighted by atomic mass is 79.9. The van der Waals surface area contributed by atoms with E-state index in [-0.39, 0.29) is 5.91 Å². The minimum absolute atomic E-state index is 0.247. The molecule has 1 N–H and O–H groups in total. The molecule has 0 saturated heterocycles. The summed E-state index contributed by atoms with van der Waals surface area (Å²) in [4.78, 5) is 12.8. The van der Waals surface area contributed by atoms with Crippen LogP contribution in [0.2, 0.25) is 5.02 Å². The van der Waals surface area contributed by atoms with Crippen LogP contribution in [0, 0.1) is 0 Å². The second-order valence-corrected chi connectivity index (χ2v) is 7.90. The minimum atomic E-state index is -0.247. The van der Waals surface area contributed by atoms with Crippen LogP contribution < -0.4 is 5.32 Å². The number of carbonyl (C=O) groups is 1. The van der Waals surface area contributed by atoms with E-state index >= 15 is 0 Å². The Morgan fingerprint density at radius 2 is 2.00 bits per heavy atom. The molecule has 2 heterocycles. The van der Waals surface area contributed by atoms with Crippen LogP contribution in [-0.2, 0) is 11.5 Å². The van der Waals surface area contributed by atoms with E-state index in [1.54, 1.807) is 28.6 Å². The number of thioether (sulfide) groups is 1. The van der Waals surface area contributed by atoms with Crippen molar-refractivity contribution in [2.75, 3.05) is 5.32 Å². The molecule has 0 radical (unpaired) electrons. The zero-order valence-corrected chi connectivity index (χ0v) is 16.2. The van der Waals surface area contributed by atoms with Gasteiger partial charge in [-0.05, 0) is 30.3 Å². The molecule has 0 spiro atoms. The van der Waals surface area contributed by atoms with Crippen molar-refractivity contribution in [1.29, 1.82) is 0 Å². The average molecular weight is 435 g/mol. The van der Waals surface area contributed by atoms with Gasteiger partial charge in [-0.25, -0.2) is 4.68 Å². The van der Waals surface area contributed by atoms with Crippen molar-refractivity contribution in [2.24, 2.45) is 0 Å². The van der Waals surface area contributed by atoms with E-state index < -0.39 is 0 Å². The maximum absolute atomic E-state index is 12.8. The van der Waals surface area contributed by atoms with Crippen molar-refractivity contribution in [3.8, 4) is 5.69 Å². The number of rotatable bonds is 3. The Balaban J connectivity index is 1.75. The summed E-state index contributed by atoms with van der Waals surface area (Å²) in [6.07, 6.45) is 0. The molecule has 0 unspecified atom stereocenters. The first kappa shape index (κ1) is 16.7. The summed E-state index contributed by atoms with van der Waals surface area (Å²) < 4.78 is 2.60. The van der Waals surface area contributed by atoms with E-state index in [0.717, 1.165) is 32.9 Å². The predicted octanol–water partition coefficient (Wildman–Crippen LogP) is 5.29. The standard InChI is InChI=1S/C18H13BrClN3OS/c19-11-6-7-15(20)13(8-11)18(24)21-17-14-9-25-10-16(14)22-23(17)12-4-2-1-3-5-12/h1-8H,9-10H2,(H,21,24). The van der Waals surface area contributed by atoms with Crippen LogP contribution in [0.4, 0.5) is 5.82 Å². The topological polar surface area (TPSA) is 46.9 Å². The summed E-state index contributed by atoms with van der Waals surface area (Å²) in [7, 11) is 0. The van der Waals surface area contributed by atoms with Crippen molar-refractivity contribution < 1.29 is 4.79 Å². The lowest BCUT2D eigenvalue weighted by atomic mass is 10.2. The van der Waals surface area contributed by atoms with Gasteiger partial charge in [-0.2, -0.15) is 16.9 Å². The SMILES string of the molecule is O=C(Nc1c2c(nn1-c1ccccc1)CSC2)c1cc(Br)ccc1Cl. The van der Waals surface area contributed by atoms with Gasteiger partial charge in [-0.3, -0.25) is 4.79 Å². The van der Waals surface area contributed by atoms with Crippen LogP contribution in [0.1, 0.15) is 21.6 Å². The first-order chi connectivity index (χ1) is 12.1. The van der Waals surface area contributed by atoms with E-state index in [1.165, 1.54) is 0 Å². The Morgan fingerprint density at radius 1 is 1.20 bits per heavy atom. The molecule has 0 fully saturated rings. The highest BCUT2D eigenvalue weighted by Gasteiger charge is 2.25. The Morgan fingerprint density at radius 3 is 2.80 bits per heavy atom. The average Bonchev–Trinajstić information content (AvgIpc) is 3.20. The normalized spacial score (nSPS) is 12.9. The Kier molecular flexibility index (Phi) is 4.58. The van der Waals surface area contributed by atoms with Gasteiger partial charge >= 0.3 is 0 Å². The minimum Gasteiger partial charge on any atom is -0.306 e.